The maximum Gasteiger partial charge on any atom is 0.421 e. The summed E-state index contributed by atoms with van der Waals surface area (Å²) in [4.78, 5) is 25.4. The van der Waals surface area contributed by atoms with Crippen molar-refractivity contribution in [2.45, 2.75) is 6.42 Å². The summed E-state index contributed by atoms with van der Waals surface area (Å²) < 4.78 is 16.3. The van der Waals surface area contributed by atoms with Gasteiger partial charge in [-0.25, -0.2) is 4.79 Å². The van der Waals surface area contributed by atoms with Crippen LogP contribution in [0.1, 0.15) is 5.56 Å². The average Bonchev–Trinajstić information content (AvgIpc) is 2.97. The van der Waals surface area contributed by atoms with Crippen LogP contribution in [0.2, 0.25) is 0 Å². The van der Waals surface area contributed by atoms with Gasteiger partial charge in [0.25, 0.3) is 0 Å². The summed E-state index contributed by atoms with van der Waals surface area (Å²) in [6.07, 6.45) is 1.87. The van der Waals surface area contributed by atoms with Crippen LogP contribution in [0.25, 0.3) is 10.9 Å². The van der Waals surface area contributed by atoms with Crippen LogP contribution in [0.5, 0.6) is 5.75 Å². The summed E-state index contributed by atoms with van der Waals surface area (Å²) >= 11 is 0. The first kappa shape index (κ1) is 18.8. The third kappa shape index (κ3) is 4.71. The Morgan fingerprint density at radius 1 is 1.24 bits per heavy atom. The zero-order chi connectivity index (χ0) is 18.4. The fourth-order valence-corrected chi connectivity index (χ4v) is 2.37. The van der Waals surface area contributed by atoms with Gasteiger partial charge < -0.3 is 24.8 Å². The van der Waals surface area contributed by atoms with Crippen LogP contribution in [0.3, 0.4) is 0 Å². The van der Waals surface area contributed by atoms with Gasteiger partial charge in [-0.2, -0.15) is 0 Å². The second kappa shape index (κ2) is 8.50. The van der Waals surface area contributed by atoms with Crippen molar-refractivity contribution in [1.29, 1.82) is 0 Å². The minimum Gasteiger partial charge on any atom is -0.497 e. The molecule has 1 aromatic carbocycles. The number of ether oxygens (including phenoxy) is 3. The highest BCUT2D eigenvalue weighted by Crippen LogP contribution is 2.26. The van der Waals surface area contributed by atoms with E-state index in [2.05, 4.69) is 9.64 Å². The van der Waals surface area contributed by atoms with E-state index in [0.717, 1.165) is 23.9 Å². The Hall–Kier alpha value is -2.58. The minimum absolute atomic E-state index is 0.268. The Morgan fingerprint density at radius 3 is 2.64 bits per heavy atom. The van der Waals surface area contributed by atoms with E-state index in [0.29, 0.717) is 11.3 Å². The molecule has 2 aromatic rings. The fourth-order valence-electron chi connectivity index (χ4n) is 2.37. The molecule has 0 saturated heterocycles. The molecule has 8 nitrogen and oxygen atoms in total. The summed E-state index contributed by atoms with van der Waals surface area (Å²) in [5.41, 5.74) is 6.81. The zero-order valence-corrected chi connectivity index (χ0v) is 14.7. The van der Waals surface area contributed by atoms with Gasteiger partial charge in [0.15, 0.2) is 0 Å². The lowest BCUT2D eigenvalue weighted by molar-refractivity contribution is -0.149. The number of esters is 1. The number of aromatic nitrogens is 1. The van der Waals surface area contributed by atoms with Crippen LogP contribution in [0.15, 0.2) is 24.4 Å². The predicted octanol–water partition coefficient (Wildman–Crippen LogP) is 1.20. The van der Waals surface area contributed by atoms with E-state index in [1.165, 1.54) is 4.57 Å². The van der Waals surface area contributed by atoms with Crippen molar-refractivity contribution < 1.29 is 23.8 Å². The number of hydrogen-bond acceptors (Lipinski definition) is 7. The first-order valence-electron chi connectivity index (χ1n) is 7.81. The summed E-state index contributed by atoms with van der Waals surface area (Å²) in [6, 6.07) is 5.53. The number of rotatable bonds is 7. The Balaban J connectivity index is 2.27. The summed E-state index contributed by atoms with van der Waals surface area (Å²) in [6.45, 7) is 0.0930. The number of benzene rings is 1. The molecule has 0 bridgehead atoms. The fraction of sp³-hybridized carbons (Fsp3) is 0.412. The monoisotopic (exact) mass is 349 g/mol. The maximum atomic E-state index is 12.3. The van der Waals surface area contributed by atoms with Crippen LogP contribution < -0.4 is 10.5 Å². The van der Waals surface area contributed by atoms with E-state index in [4.69, 9.17) is 15.2 Å². The maximum absolute atomic E-state index is 12.3. The van der Waals surface area contributed by atoms with E-state index in [1.54, 1.807) is 19.4 Å². The normalized spacial score (nSPS) is 10.9. The summed E-state index contributed by atoms with van der Waals surface area (Å²) in [7, 11) is 5.54. The van der Waals surface area contributed by atoms with Crippen molar-refractivity contribution in [3.8, 4) is 5.75 Å². The van der Waals surface area contributed by atoms with Gasteiger partial charge in [0.05, 0.1) is 19.2 Å². The van der Waals surface area contributed by atoms with Crippen molar-refractivity contribution in [2.75, 3.05) is 41.1 Å². The number of fused-ring (bicyclic) bond motifs is 1. The van der Waals surface area contributed by atoms with Gasteiger partial charge in [0.2, 0.25) is 6.79 Å². The molecular formula is C17H23N3O5. The van der Waals surface area contributed by atoms with Gasteiger partial charge >= 0.3 is 12.1 Å². The second-order valence-electron chi connectivity index (χ2n) is 5.71. The van der Waals surface area contributed by atoms with Gasteiger partial charge in [0, 0.05) is 24.2 Å². The second-order valence-corrected chi connectivity index (χ2v) is 5.71. The molecule has 0 amide bonds. The Morgan fingerprint density at radius 2 is 2.00 bits per heavy atom. The lowest BCUT2D eigenvalue weighted by Crippen LogP contribution is -2.21. The highest BCUT2D eigenvalue weighted by Gasteiger charge is 2.16. The lowest BCUT2D eigenvalue weighted by atomic mass is 10.1. The molecule has 2 N–H and O–H groups in total. The standard InChI is InChI=1S/C17H23N3O5/c1-19(2)7-6-12-10-20(17(22)25-11-24-16(21)9-18)15-8-13(23-3)4-5-14(12)15/h4-5,8,10H,6-7,9,11,18H2,1-3H3. The summed E-state index contributed by atoms with van der Waals surface area (Å²) in [5, 5.41) is 0.943. The van der Waals surface area contributed by atoms with E-state index in [1.807, 2.05) is 26.2 Å². The van der Waals surface area contributed by atoms with Gasteiger partial charge in [-0.05, 0) is 38.2 Å². The Labute approximate surface area is 146 Å². The molecule has 2 rings (SSSR count). The van der Waals surface area contributed by atoms with E-state index < -0.39 is 18.9 Å². The number of methoxy groups -OCH3 is 1. The first-order valence-corrected chi connectivity index (χ1v) is 7.81. The quantitative estimate of drug-likeness (QED) is 0.592. The Bertz CT molecular complexity index is 754. The molecule has 0 spiro atoms. The number of carbonyl (C=O) groups is 2. The van der Waals surface area contributed by atoms with Gasteiger partial charge in [0.1, 0.15) is 5.75 Å². The van der Waals surface area contributed by atoms with Crippen LogP contribution in [0, 0.1) is 0 Å². The molecule has 0 aliphatic rings. The molecule has 136 valence electrons. The largest absolute Gasteiger partial charge is 0.497 e. The molecule has 8 heteroatoms. The van der Waals surface area contributed by atoms with Crippen molar-refractivity contribution in [3.63, 3.8) is 0 Å². The van der Waals surface area contributed by atoms with Crippen molar-refractivity contribution in [3.05, 3.63) is 30.0 Å². The number of nitrogens with zero attached hydrogens (tertiary/aromatic N) is 2. The third-order valence-electron chi connectivity index (χ3n) is 3.69. The zero-order valence-electron chi connectivity index (χ0n) is 14.7. The Kier molecular flexibility index (Phi) is 6.37. The highest BCUT2D eigenvalue weighted by molar-refractivity contribution is 5.92. The van der Waals surface area contributed by atoms with E-state index in [9.17, 15) is 9.59 Å². The van der Waals surface area contributed by atoms with Gasteiger partial charge in [-0.1, -0.05) is 0 Å². The van der Waals surface area contributed by atoms with E-state index >= 15 is 0 Å². The molecule has 1 heterocycles. The highest BCUT2D eigenvalue weighted by atomic mass is 16.7. The number of likely N-dealkylation sites (N-methyl/N-ethyl adjacent to an activating group) is 1. The molecule has 0 saturated carbocycles. The molecule has 0 radical (unpaired) electrons. The number of hydrogen-bond donors (Lipinski definition) is 1. The van der Waals surface area contributed by atoms with Crippen molar-refractivity contribution >= 4 is 23.0 Å². The predicted molar refractivity (Wildman–Crippen MR) is 92.6 cm³/mol. The molecule has 1 aromatic heterocycles. The SMILES string of the molecule is COc1ccc2c(CCN(C)C)cn(C(=O)OCOC(=O)CN)c2c1. The lowest BCUT2D eigenvalue weighted by Gasteiger charge is -2.08. The number of carbonyl (C=O) groups excluding carboxylic acids is 2. The smallest absolute Gasteiger partial charge is 0.421 e. The van der Waals surface area contributed by atoms with Crippen molar-refractivity contribution in [1.82, 2.24) is 9.47 Å². The third-order valence-corrected chi connectivity index (χ3v) is 3.69. The van der Waals surface area contributed by atoms with Crippen LogP contribution >= 0.6 is 0 Å². The summed E-state index contributed by atoms with van der Waals surface area (Å²) in [5.74, 6) is -0.00752. The molecule has 0 aliphatic heterocycles. The van der Waals surface area contributed by atoms with E-state index in [-0.39, 0.29) is 6.54 Å². The van der Waals surface area contributed by atoms with Crippen LogP contribution in [-0.4, -0.2) is 62.6 Å². The molecule has 25 heavy (non-hydrogen) atoms. The molecule has 0 unspecified atom stereocenters. The number of nitrogens with two attached hydrogens (primary N) is 1. The molecule has 0 atom stereocenters. The van der Waals surface area contributed by atoms with Gasteiger partial charge in [-0.3, -0.25) is 9.36 Å². The minimum atomic E-state index is -0.640. The average molecular weight is 349 g/mol. The topological polar surface area (TPSA) is 96.0 Å². The molecule has 0 aliphatic carbocycles. The molecular weight excluding hydrogens is 326 g/mol. The first-order chi connectivity index (χ1) is 12.0. The van der Waals surface area contributed by atoms with Crippen LogP contribution in [0.4, 0.5) is 4.79 Å². The molecule has 0 fully saturated rings. The van der Waals surface area contributed by atoms with Gasteiger partial charge in [-0.15, -0.1) is 0 Å². The van der Waals surface area contributed by atoms with Crippen LogP contribution in [-0.2, 0) is 20.7 Å². The van der Waals surface area contributed by atoms with Crippen molar-refractivity contribution in [2.24, 2.45) is 5.73 Å².